The molecule has 2 N–H and O–H groups in total. The molecule has 0 unspecified atom stereocenters. The topological polar surface area (TPSA) is 73.2 Å². The van der Waals surface area contributed by atoms with Gasteiger partial charge in [-0.1, -0.05) is 35.9 Å². The number of carbonyl (C=O) groups is 1. The molecular weight excluding hydrogens is 488 g/mol. The van der Waals surface area contributed by atoms with E-state index in [2.05, 4.69) is 17.1 Å². The summed E-state index contributed by atoms with van der Waals surface area (Å²) < 4.78 is 6.38. The van der Waals surface area contributed by atoms with Gasteiger partial charge in [0.25, 0.3) is 0 Å². The first kappa shape index (κ1) is 27.5. The van der Waals surface area contributed by atoms with Crippen LogP contribution in [-0.4, -0.2) is 54.3 Å². The molecule has 0 aromatic heterocycles. The predicted molar refractivity (Wildman–Crippen MR) is 148 cm³/mol. The van der Waals surface area contributed by atoms with Crippen LogP contribution in [0.1, 0.15) is 61.6 Å². The Labute approximate surface area is 225 Å². The molecule has 2 heterocycles. The third-order valence-electron chi connectivity index (χ3n) is 7.49. The van der Waals surface area contributed by atoms with Crippen molar-refractivity contribution in [1.29, 1.82) is 0 Å². The summed E-state index contributed by atoms with van der Waals surface area (Å²) in [4.78, 5) is 16.9. The molecule has 1 atom stereocenters. The van der Waals surface area contributed by atoms with E-state index in [0.29, 0.717) is 18.7 Å². The molecule has 7 heteroatoms. The van der Waals surface area contributed by atoms with Crippen LogP contribution >= 0.6 is 11.6 Å². The van der Waals surface area contributed by atoms with Crippen molar-refractivity contribution in [2.75, 3.05) is 38.2 Å². The number of hydrogen-bond donors (Lipinski definition) is 2. The number of allylic oxidation sites excluding steroid dienone is 1. The maximum atomic E-state index is 12.9. The Morgan fingerprint density at radius 2 is 1.76 bits per heavy atom. The fraction of sp³-hybridized carbons (Fsp3) is 0.500. The van der Waals surface area contributed by atoms with Crippen molar-refractivity contribution in [3.05, 3.63) is 70.3 Å². The molecule has 2 aliphatic heterocycles. The summed E-state index contributed by atoms with van der Waals surface area (Å²) >= 11 is 6.28. The molecule has 0 aliphatic carbocycles. The minimum absolute atomic E-state index is 0.183. The number of hydrogen-bond acceptors (Lipinski definition) is 5. The Morgan fingerprint density at radius 3 is 2.57 bits per heavy atom. The van der Waals surface area contributed by atoms with E-state index in [1.54, 1.807) is 18.0 Å². The van der Waals surface area contributed by atoms with E-state index in [-0.39, 0.29) is 12.3 Å². The molecule has 200 valence electrons. The molecule has 4 rings (SSSR count). The van der Waals surface area contributed by atoms with E-state index in [1.165, 1.54) is 5.56 Å². The largest absolute Gasteiger partial charge is 0.487 e. The van der Waals surface area contributed by atoms with Crippen molar-refractivity contribution in [3.63, 3.8) is 0 Å². The quantitative estimate of drug-likeness (QED) is 0.498. The molecule has 0 spiro atoms. The molecule has 2 aromatic carbocycles. The lowest BCUT2D eigenvalue weighted by Crippen LogP contribution is -2.39. The molecule has 2 aliphatic rings. The minimum atomic E-state index is -1.67. The average Bonchev–Trinajstić information content (AvgIpc) is 2.92. The van der Waals surface area contributed by atoms with Gasteiger partial charge < -0.3 is 24.7 Å². The van der Waals surface area contributed by atoms with Crippen LogP contribution in [-0.2, 0) is 23.4 Å². The van der Waals surface area contributed by atoms with Gasteiger partial charge in [-0.15, -0.1) is 0 Å². The number of aliphatic hydroxyl groups is 2. The summed E-state index contributed by atoms with van der Waals surface area (Å²) in [6.07, 6.45) is 11.0. The highest BCUT2D eigenvalue weighted by molar-refractivity contribution is 6.30. The van der Waals surface area contributed by atoms with Gasteiger partial charge in [-0.2, -0.15) is 0 Å². The monoisotopic (exact) mass is 526 g/mol. The van der Waals surface area contributed by atoms with Crippen molar-refractivity contribution in [2.45, 2.75) is 63.6 Å². The first-order valence-electron chi connectivity index (χ1n) is 13.4. The van der Waals surface area contributed by atoms with Crippen molar-refractivity contribution >= 4 is 23.2 Å². The number of carbonyl (C=O) groups excluding carboxylic acids is 1. The predicted octanol–water partition coefficient (Wildman–Crippen LogP) is 5.22. The third kappa shape index (κ3) is 7.07. The molecule has 2 aromatic rings. The molecule has 0 saturated carbocycles. The molecule has 6 nitrogen and oxygen atoms in total. The van der Waals surface area contributed by atoms with E-state index >= 15 is 0 Å². The van der Waals surface area contributed by atoms with E-state index in [0.717, 1.165) is 80.1 Å². The van der Waals surface area contributed by atoms with Gasteiger partial charge >= 0.3 is 0 Å². The van der Waals surface area contributed by atoms with Crippen LogP contribution in [0.15, 0.2) is 48.6 Å². The second-order valence-corrected chi connectivity index (χ2v) is 10.7. The van der Waals surface area contributed by atoms with Gasteiger partial charge in [0.2, 0.25) is 5.91 Å². The third-order valence-corrected chi connectivity index (χ3v) is 7.73. The number of aryl methyl sites for hydroxylation is 1. The number of fused-ring (bicyclic) bond motifs is 2. The number of benzene rings is 2. The van der Waals surface area contributed by atoms with Gasteiger partial charge in [-0.25, -0.2) is 0 Å². The van der Waals surface area contributed by atoms with Gasteiger partial charge in [-0.3, -0.25) is 4.79 Å². The molecule has 0 saturated heterocycles. The zero-order valence-electron chi connectivity index (χ0n) is 21.8. The zero-order valence-corrected chi connectivity index (χ0v) is 22.6. The SMILES string of the molecule is CN1CC/C=C\CCCCN2CCCCc3cc(Cl)ccc3COc3ccc(cc32)[C@@](O)(CO)CC1=O. The summed E-state index contributed by atoms with van der Waals surface area (Å²) in [6.45, 7) is 2.18. The first-order valence-corrected chi connectivity index (χ1v) is 13.8. The van der Waals surface area contributed by atoms with E-state index in [1.807, 2.05) is 30.3 Å². The van der Waals surface area contributed by atoms with Crippen LogP contribution in [0.2, 0.25) is 5.02 Å². The second kappa shape index (κ2) is 12.8. The molecular formula is C30H39ClN2O4. The number of rotatable bonds is 1. The van der Waals surface area contributed by atoms with Crippen LogP contribution in [0.25, 0.3) is 0 Å². The molecule has 37 heavy (non-hydrogen) atoms. The van der Waals surface area contributed by atoms with Crippen LogP contribution in [0.5, 0.6) is 5.75 Å². The number of nitrogens with zero attached hydrogens (tertiary/aromatic N) is 2. The zero-order chi connectivity index (χ0) is 26.3. The summed E-state index contributed by atoms with van der Waals surface area (Å²) in [5, 5.41) is 22.4. The van der Waals surface area contributed by atoms with Crippen LogP contribution in [0.3, 0.4) is 0 Å². The van der Waals surface area contributed by atoms with Crippen LogP contribution in [0.4, 0.5) is 5.69 Å². The lowest BCUT2D eigenvalue weighted by Gasteiger charge is -2.32. The minimum Gasteiger partial charge on any atom is -0.487 e. The Kier molecular flexibility index (Phi) is 9.52. The second-order valence-electron chi connectivity index (χ2n) is 10.3. The van der Waals surface area contributed by atoms with Gasteiger partial charge in [0.15, 0.2) is 0 Å². The highest BCUT2D eigenvalue weighted by atomic mass is 35.5. The van der Waals surface area contributed by atoms with E-state index in [4.69, 9.17) is 16.3 Å². The van der Waals surface area contributed by atoms with E-state index in [9.17, 15) is 15.0 Å². The van der Waals surface area contributed by atoms with Gasteiger partial charge in [0, 0.05) is 31.7 Å². The smallest absolute Gasteiger partial charge is 0.225 e. The van der Waals surface area contributed by atoms with Crippen LogP contribution < -0.4 is 9.64 Å². The first-order chi connectivity index (χ1) is 17.9. The summed E-state index contributed by atoms with van der Waals surface area (Å²) in [6, 6.07) is 11.5. The fourth-order valence-corrected chi connectivity index (χ4v) is 5.29. The fourth-order valence-electron chi connectivity index (χ4n) is 5.10. The number of amides is 1. The average molecular weight is 527 g/mol. The summed E-state index contributed by atoms with van der Waals surface area (Å²) in [5.74, 6) is 0.535. The van der Waals surface area contributed by atoms with Crippen molar-refractivity contribution in [1.82, 2.24) is 4.90 Å². The van der Waals surface area contributed by atoms with Crippen LogP contribution in [0, 0.1) is 0 Å². The Hall–Kier alpha value is -2.54. The number of ether oxygens (including phenoxy) is 1. The molecule has 2 bridgehead atoms. The molecule has 0 fully saturated rings. The van der Waals surface area contributed by atoms with Gasteiger partial charge in [0.1, 0.15) is 18.0 Å². The lowest BCUT2D eigenvalue weighted by molar-refractivity contribution is -0.137. The summed E-state index contributed by atoms with van der Waals surface area (Å²) in [7, 11) is 1.74. The molecule has 0 radical (unpaired) electrons. The number of halogens is 1. The standard InChI is InChI=1S/C30H39ClN2O4/c1-32-15-7-4-2-3-5-8-16-33-17-9-6-10-23-18-26(31)13-11-24(23)21-37-28-14-12-25(19-27(28)33)30(36,22-34)20-29(32)35/h2,4,11-14,18-19,34,36H,3,5-10,15-17,20-22H2,1H3/b4-2-/t30-/m0/s1. The number of anilines is 1. The van der Waals surface area contributed by atoms with Crippen molar-refractivity contribution in [2.24, 2.45) is 0 Å². The Balaban J connectivity index is 1.72. The number of aliphatic hydroxyl groups excluding tert-OH is 1. The Morgan fingerprint density at radius 1 is 0.973 bits per heavy atom. The summed E-state index contributed by atoms with van der Waals surface area (Å²) in [5.41, 5.74) is 2.08. The molecule has 1 amide bonds. The Bertz CT molecular complexity index is 1100. The van der Waals surface area contributed by atoms with Gasteiger partial charge in [-0.05, 0) is 85.9 Å². The maximum Gasteiger partial charge on any atom is 0.225 e. The lowest BCUT2D eigenvalue weighted by atomic mass is 9.89. The van der Waals surface area contributed by atoms with Crippen molar-refractivity contribution in [3.8, 4) is 5.75 Å². The highest BCUT2D eigenvalue weighted by Gasteiger charge is 2.34. The van der Waals surface area contributed by atoms with E-state index < -0.39 is 12.2 Å². The van der Waals surface area contributed by atoms with Gasteiger partial charge in [0.05, 0.1) is 18.7 Å². The van der Waals surface area contributed by atoms with Crippen molar-refractivity contribution < 1.29 is 19.7 Å². The highest BCUT2D eigenvalue weighted by Crippen LogP contribution is 2.37. The maximum absolute atomic E-state index is 12.9. The normalized spacial score (nSPS) is 23.0.